The van der Waals surface area contributed by atoms with Crippen LogP contribution in [0.2, 0.25) is 0 Å². The molecule has 0 radical (unpaired) electrons. The zero-order valence-electron chi connectivity index (χ0n) is 18.3. The highest BCUT2D eigenvalue weighted by molar-refractivity contribution is 5.78. The molecule has 2 fully saturated rings. The highest BCUT2D eigenvalue weighted by Gasteiger charge is 2.28. The van der Waals surface area contributed by atoms with Crippen LogP contribution in [-0.2, 0) is 9.47 Å². The highest BCUT2D eigenvalue weighted by Crippen LogP contribution is 2.19. The Labute approximate surface area is 174 Å². The smallest absolute Gasteiger partial charge is 0.410 e. The Bertz CT molecular complexity index is 582. The summed E-state index contributed by atoms with van der Waals surface area (Å²) in [6.45, 7) is 11.1. The van der Waals surface area contributed by atoms with Gasteiger partial charge in [0.25, 0.3) is 0 Å². The van der Waals surface area contributed by atoms with E-state index in [0.717, 1.165) is 32.2 Å². The molecule has 2 saturated heterocycles. The first kappa shape index (κ1) is 23.1. The normalized spacial score (nSPS) is 21.7. The average molecular weight is 412 g/mol. The van der Waals surface area contributed by atoms with E-state index in [9.17, 15) is 9.59 Å². The van der Waals surface area contributed by atoms with Gasteiger partial charge in [-0.2, -0.15) is 0 Å². The molecule has 3 N–H and O–H groups in total. The van der Waals surface area contributed by atoms with E-state index < -0.39 is 5.60 Å². The molecule has 0 aromatic carbocycles. The summed E-state index contributed by atoms with van der Waals surface area (Å²) in [6.07, 6.45) is 3.08. The van der Waals surface area contributed by atoms with Crippen molar-refractivity contribution in [1.82, 2.24) is 15.1 Å². The van der Waals surface area contributed by atoms with E-state index in [4.69, 9.17) is 15.2 Å². The van der Waals surface area contributed by atoms with Crippen LogP contribution in [0.5, 0.6) is 0 Å². The third-order valence-corrected chi connectivity index (χ3v) is 5.06. The predicted octanol–water partition coefficient (Wildman–Crippen LogP) is 2.16. The number of carbonyl (C=O) groups excluding carboxylic acids is 2. The summed E-state index contributed by atoms with van der Waals surface area (Å²) in [7, 11) is 0. The molecule has 1 unspecified atom stereocenters. The second kappa shape index (κ2) is 10.5. The topological polar surface area (TPSA) is 109 Å². The number of hydrogen-bond donors (Lipinski definition) is 2. The van der Waals surface area contributed by atoms with Crippen LogP contribution in [0.25, 0.3) is 0 Å². The Balaban J connectivity index is 1.74. The second-order valence-corrected chi connectivity index (χ2v) is 8.77. The number of likely N-dealkylation sites (tertiary alicyclic amines) is 2. The fourth-order valence-corrected chi connectivity index (χ4v) is 3.61. The van der Waals surface area contributed by atoms with Gasteiger partial charge in [-0.1, -0.05) is 0 Å². The summed E-state index contributed by atoms with van der Waals surface area (Å²) in [5.74, 6) is 0.705. The number of nitrogens with two attached hydrogens (primary N) is 1. The second-order valence-electron chi connectivity index (χ2n) is 8.77. The first-order chi connectivity index (χ1) is 13.7. The Morgan fingerprint density at radius 2 is 1.79 bits per heavy atom. The number of ether oxygens (including phenoxy) is 2. The molecule has 0 aromatic heterocycles. The number of piperidine rings is 2. The van der Waals surface area contributed by atoms with E-state index in [-0.39, 0.29) is 24.1 Å². The van der Waals surface area contributed by atoms with Crippen LogP contribution in [0.3, 0.4) is 0 Å². The fraction of sp³-hybridized carbons (Fsp3) is 0.850. The number of hydrogen-bond acceptors (Lipinski definition) is 5. The van der Waals surface area contributed by atoms with Crippen molar-refractivity contribution in [3.05, 3.63) is 0 Å². The summed E-state index contributed by atoms with van der Waals surface area (Å²) in [6, 6.07) is 0.203. The molecule has 0 spiro atoms. The van der Waals surface area contributed by atoms with Crippen LogP contribution >= 0.6 is 0 Å². The van der Waals surface area contributed by atoms with Crippen molar-refractivity contribution in [2.75, 3.05) is 39.3 Å². The number of aliphatic imine (C=N–C) groups is 1. The lowest BCUT2D eigenvalue weighted by molar-refractivity contribution is 0.0170. The molecule has 29 heavy (non-hydrogen) atoms. The maximum Gasteiger partial charge on any atom is 0.410 e. The molecule has 0 aliphatic carbocycles. The lowest BCUT2D eigenvalue weighted by Gasteiger charge is -2.34. The van der Waals surface area contributed by atoms with Crippen LogP contribution < -0.4 is 11.1 Å². The van der Waals surface area contributed by atoms with Crippen LogP contribution in [-0.4, -0.2) is 78.9 Å². The van der Waals surface area contributed by atoms with Gasteiger partial charge in [-0.05, 0) is 59.3 Å². The van der Waals surface area contributed by atoms with Gasteiger partial charge in [0, 0.05) is 38.8 Å². The molecular weight excluding hydrogens is 374 g/mol. The maximum absolute atomic E-state index is 12.3. The van der Waals surface area contributed by atoms with Crippen molar-refractivity contribution in [2.45, 2.75) is 65.0 Å². The minimum absolute atomic E-state index is 0.203. The van der Waals surface area contributed by atoms with Crippen molar-refractivity contribution < 1.29 is 19.1 Å². The van der Waals surface area contributed by atoms with Crippen LogP contribution in [0, 0.1) is 5.92 Å². The number of amides is 2. The molecule has 2 amide bonds. The molecule has 166 valence electrons. The van der Waals surface area contributed by atoms with Gasteiger partial charge in [0.15, 0.2) is 5.96 Å². The van der Waals surface area contributed by atoms with E-state index in [1.807, 2.05) is 27.7 Å². The molecule has 1 atom stereocenters. The highest BCUT2D eigenvalue weighted by atomic mass is 16.6. The minimum Gasteiger partial charge on any atom is -0.450 e. The van der Waals surface area contributed by atoms with Crippen molar-refractivity contribution in [2.24, 2.45) is 16.6 Å². The first-order valence-corrected chi connectivity index (χ1v) is 10.6. The SMILES string of the molecule is CCOC(=O)N1CCC(NC(N)=NCC2CCCN(C(=O)OC(C)(C)C)C2)CC1. The summed E-state index contributed by atoms with van der Waals surface area (Å²) in [5, 5.41) is 3.26. The van der Waals surface area contributed by atoms with Gasteiger partial charge in [-0.3, -0.25) is 4.99 Å². The Hall–Kier alpha value is -2.19. The number of rotatable bonds is 4. The number of nitrogens with zero attached hydrogens (tertiary/aromatic N) is 3. The number of carbonyl (C=O) groups is 2. The van der Waals surface area contributed by atoms with Crippen LogP contribution in [0.1, 0.15) is 53.4 Å². The van der Waals surface area contributed by atoms with Crippen LogP contribution in [0.15, 0.2) is 4.99 Å². The summed E-state index contributed by atoms with van der Waals surface area (Å²) in [4.78, 5) is 32.0. The largest absolute Gasteiger partial charge is 0.450 e. The molecule has 0 bridgehead atoms. The molecule has 9 nitrogen and oxygen atoms in total. The van der Waals surface area contributed by atoms with Crippen molar-refractivity contribution in [1.29, 1.82) is 0 Å². The van der Waals surface area contributed by atoms with Crippen LogP contribution in [0.4, 0.5) is 9.59 Å². The van der Waals surface area contributed by atoms with Gasteiger partial charge >= 0.3 is 12.2 Å². The fourth-order valence-electron chi connectivity index (χ4n) is 3.61. The lowest BCUT2D eigenvalue weighted by atomic mass is 9.98. The van der Waals surface area contributed by atoms with Gasteiger partial charge in [-0.15, -0.1) is 0 Å². The molecule has 2 rings (SSSR count). The summed E-state index contributed by atoms with van der Waals surface area (Å²) < 4.78 is 10.5. The van der Waals surface area contributed by atoms with E-state index >= 15 is 0 Å². The Kier molecular flexibility index (Phi) is 8.40. The number of guanidine groups is 1. The first-order valence-electron chi connectivity index (χ1n) is 10.6. The molecular formula is C20H37N5O4. The standard InChI is InChI=1S/C20H37N5O4/c1-5-28-18(26)24-11-8-16(9-12-24)23-17(21)22-13-15-7-6-10-25(14-15)19(27)29-20(2,3)4/h15-16H,5-14H2,1-4H3,(H3,21,22,23). The van der Waals surface area contributed by atoms with Gasteiger partial charge in [0.2, 0.25) is 0 Å². The molecule has 2 heterocycles. The van der Waals surface area contributed by atoms with Gasteiger partial charge in [0.05, 0.1) is 6.61 Å². The predicted molar refractivity (Wildman–Crippen MR) is 112 cm³/mol. The summed E-state index contributed by atoms with van der Waals surface area (Å²) >= 11 is 0. The van der Waals surface area contributed by atoms with Crippen molar-refractivity contribution >= 4 is 18.1 Å². The molecule has 0 aromatic rings. The van der Waals surface area contributed by atoms with E-state index in [1.54, 1.807) is 9.80 Å². The summed E-state index contributed by atoms with van der Waals surface area (Å²) in [5.41, 5.74) is 5.58. The maximum atomic E-state index is 12.3. The van der Waals surface area contributed by atoms with Gasteiger partial charge < -0.3 is 30.3 Å². The van der Waals surface area contributed by atoms with Gasteiger partial charge in [-0.25, -0.2) is 9.59 Å². The van der Waals surface area contributed by atoms with E-state index in [2.05, 4.69) is 10.3 Å². The third-order valence-electron chi connectivity index (χ3n) is 5.06. The number of nitrogens with one attached hydrogen (secondary N) is 1. The van der Waals surface area contributed by atoms with Crippen molar-refractivity contribution in [3.63, 3.8) is 0 Å². The average Bonchev–Trinajstić information content (AvgIpc) is 2.66. The lowest BCUT2D eigenvalue weighted by Crippen LogP contribution is -2.48. The molecule has 2 aliphatic rings. The van der Waals surface area contributed by atoms with E-state index in [1.165, 1.54) is 0 Å². The van der Waals surface area contributed by atoms with Gasteiger partial charge in [0.1, 0.15) is 5.60 Å². The zero-order valence-corrected chi connectivity index (χ0v) is 18.3. The van der Waals surface area contributed by atoms with E-state index in [0.29, 0.717) is 38.7 Å². The van der Waals surface area contributed by atoms with Crippen molar-refractivity contribution in [3.8, 4) is 0 Å². The minimum atomic E-state index is -0.487. The quantitative estimate of drug-likeness (QED) is 0.542. The molecule has 9 heteroatoms. The zero-order chi connectivity index (χ0) is 21.4. The Morgan fingerprint density at radius 1 is 1.10 bits per heavy atom. The monoisotopic (exact) mass is 411 g/mol. The third kappa shape index (κ3) is 7.98. The molecule has 2 aliphatic heterocycles. The molecule has 0 saturated carbocycles. The Morgan fingerprint density at radius 3 is 2.41 bits per heavy atom.